The van der Waals surface area contributed by atoms with Crippen molar-refractivity contribution >= 4 is 11.7 Å². The number of piperazine rings is 1. The van der Waals surface area contributed by atoms with Crippen molar-refractivity contribution in [2.45, 2.75) is 13.0 Å². The smallest absolute Gasteiger partial charge is 0.319 e. The molecule has 0 saturated carbocycles. The van der Waals surface area contributed by atoms with E-state index in [1.807, 2.05) is 31.2 Å². The molecule has 1 saturated heterocycles. The van der Waals surface area contributed by atoms with E-state index in [0.717, 1.165) is 43.0 Å². The molecule has 144 valence electrons. The first kappa shape index (κ1) is 19.3. The normalized spacial score (nSPS) is 16.7. The van der Waals surface area contributed by atoms with E-state index in [1.54, 1.807) is 12.1 Å². The van der Waals surface area contributed by atoms with Gasteiger partial charge in [0.05, 0.1) is 6.04 Å². The Bertz CT molecular complexity index is 740. The van der Waals surface area contributed by atoms with Gasteiger partial charge in [-0.2, -0.15) is 0 Å². The second kappa shape index (κ2) is 8.97. The number of anilines is 1. The first-order valence-electron chi connectivity index (χ1n) is 9.31. The molecule has 3 rings (SSSR count). The summed E-state index contributed by atoms with van der Waals surface area (Å²) in [5.41, 5.74) is 2.92. The van der Waals surface area contributed by atoms with Crippen molar-refractivity contribution in [3.8, 4) is 0 Å². The molecule has 2 amide bonds. The minimum atomic E-state index is -0.249. The SMILES string of the molecule is Cc1ccc(NC(=O)NCC(c2ccc(F)cc2)N2CCN(C)CC2)cc1. The van der Waals surface area contributed by atoms with Crippen LogP contribution >= 0.6 is 0 Å². The van der Waals surface area contributed by atoms with Crippen LogP contribution in [0.3, 0.4) is 0 Å². The highest BCUT2D eigenvalue weighted by molar-refractivity contribution is 5.89. The predicted molar refractivity (Wildman–Crippen MR) is 106 cm³/mol. The molecule has 0 bridgehead atoms. The monoisotopic (exact) mass is 370 g/mol. The minimum absolute atomic E-state index is 0.0167. The molecule has 0 radical (unpaired) electrons. The molecule has 1 fully saturated rings. The van der Waals surface area contributed by atoms with Gasteiger partial charge < -0.3 is 15.5 Å². The zero-order valence-electron chi connectivity index (χ0n) is 15.9. The number of hydrogen-bond acceptors (Lipinski definition) is 3. The van der Waals surface area contributed by atoms with Gasteiger partial charge in [-0.15, -0.1) is 0 Å². The largest absolute Gasteiger partial charge is 0.336 e. The first-order valence-corrected chi connectivity index (χ1v) is 9.31. The summed E-state index contributed by atoms with van der Waals surface area (Å²) < 4.78 is 13.3. The highest BCUT2D eigenvalue weighted by Crippen LogP contribution is 2.22. The maximum atomic E-state index is 13.3. The van der Waals surface area contributed by atoms with Crippen molar-refractivity contribution in [2.24, 2.45) is 0 Å². The number of carbonyl (C=O) groups excluding carboxylic acids is 1. The molecular weight excluding hydrogens is 343 g/mol. The van der Waals surface area contributed by atoms with Crippen LogP contribution in [0.25, 0.3) is 0 Å². The van der Waals surface area contributed by atoms with Gasteiger partial charge in [0, 0.05) is 38.4 Å². The van der Waals surface area contributed by atoms with Gasteiger partial charge in [0.1, 0.15) is 5.82 Å². The topological polar surface area (TPSA) is 47.6 Å². The Kier molecular flexibility index (Phi) is 6.42. The Morgan fingerprint density at radius 2 is 1.67 bits per heavy atom. The van der Waals surface area contributed by atoms with E-state index >= 15 is 0 Å². The van der Waals surface area contributed by atoms with Gasteiger partial charge in [0.15, 0.2) is 0 Å². The Morgan fingerprint density at radius 1 is 1.04 bits per heavy atom. The Balaban J connectivity index is 1.64. The van der Waals surface area contributed by atoms with Crippen LogP contribution in [0, 0.1) is 12.7 Å². The van der Waals surface area contributed by atoms with Crippen LogP contribution in [0.15, 0.2) is 48.5 Å². The maximum Gasteiger partial charge on any atom is 0.319 e. The van der Waals surface area contributed by atoms with Crippen LogP contribution in [-0.2, 0) is 0 Å². The van der Waals surface area contributed by atoms with E-state index in [4.69, 9.17) is 0 Å². The molecule has 2 N–H and O–H groups in total. The van der Waals surface area contributed by atoms with Crippen molar-refractivity contribution in [3.63, 3.8) is 0 Å². The van der Waals surface area contributed by atoms with E-state index in [0.29, 0.717) is 6.54 Å². The molecule has 6 heteroatoms. The summed E-state index contributed by atoms with van der Waals surface area (Å²) in [6, 6.07) is 14.0. The van der Waals surface area contributed by atoms with Crippen LogP contribution in [0.4, 0.5) is 14.9 Å². The lowest BCUT2D eigenvalue weighted by Gasteiger charge is -2.38. The zero-order chi connectivity index (χ0) is 19.2. The fourth-order valence-corrected chi connectivity index (χ4v) is 3.28. The van der Waals surface area contributed by atoms with E-state index in [9.17, 15) is 9.18 Å². The summed E-state index contributed by atoms with van der Waals surface area (Å²) in [5, 5.41) is 5.83. The van der Waals surface area contributed by atoms with Gasteiger partial charge in [0.25, 0.3) is 0 Å². The highest BCUT2D eigenvalue weighted by Gasteiger charge is 2.24. The molecular formula is C21H27FN4O. The maximum absolute atomic E-state index is 13.3. The quantitative estimate of drug-likeness (QED) is 0.849. The van der Waals surface area contributed by atoms with Gasteiger partial charge in [-0.1, -0.05) is 29.8 Å². The van der Waals surface area contributed by atoms with Crippen molar-refractivity contribution in [2.75, 3.05) is 45.1 Å². The second-order valence-electron chi connectivity index (χ2n) is 7.11. The summed E-state index contributed by atoms with van der Waals surface area (Å²) in [7, 11) is 2.11. The van der Waals surface area contributed by atoms with Gasteiger partial charge in [-0.3, -0.25) is 4.90 Å². The van der Waals surface area contributed by atoms with Crippen LogP contribution in [0.5, 0.6) is 0 Å². The number of aryl methyl sites for hydroxylation is 1. The number of hydrogen-bond donors (Lipinski definition) is 2. The number of urea groups is 1. The van der Waals surface area contributed by atoms with Gasteiger partial charge in [-0.05, 0) is 43.8 Å². The Morgan fingerprint density at radius 3 is 2.30 bits per heavy atom. The summed E-state index contributed by atoms with van der Waals surface area (Å²) >= 11 is 0. The molecule has 5 nitrogen and oxygen atoms in total. The molecule has 0 spiro atoms. The number of nitrogens with zero attached hydrogens (tertiary/aromatic N) is 2. The molecule has 1 aliphatic rings. The Labute approximate surface area is 160 Å². The number of nitrogens with one attached hydrogen (secondary N) is 2. The molecule has 1 atom stereocenters. The van der Waals surface area contributed by atoms with E-state index in [2.05, 4.69) is 27.5 Å². The molecule has 27 heavy (non-hydrogen) atoms. The van der Waals surface area contributed by atoms with Crippen molar-refractivity contribution < 1.29 is 9.18 Å². The number of carbonyl (C=O) groups is 1. The van der Waals surface area contributed by atoms with E-state index < -0.39 is 0 Å². The van der Waals surface area contributed by atoms with Crippen molar-refractivity contribution in [1.29, 1.82) is 0 Å². The number of amides is 2. The molecule has 1 heterocycles. The molecule has 0 aliphatic carbocycles. The van der Waals surface area contributed by atoms with Gasteiger partial charge >= 0.3 is 6.03 Å². The van der Waals surface area contributed by atoms with E-state index in [-0.39, 0.29) is 17.9 Å². The summed E-state index contributed by atoms with van der Waals surface area (Å²) in [4.78, 5) is 16.9. The molecule has 0 aromatic heterocycles. The fraction of sp³-hybridized carbons (Fsp3) is 0.381. The Hall–Kier alpha value is -2.44. The third-order valence-electron chi connectivity index (χ3n) is 5.00. The molecule has 2 aromatic rings. The minimum Gasteiger partial charge on any atom is -0.336 e. The van der Waals surface area contributed by atoms with Crippen LogP contribution in [0.1, 0.15) is 17.2 Å². The average molecular weight is 370 g/mol. The zero-order valence-corrected chi connectivity index (χ0v) is 15.9. The number of rotatable bonds is 5. The summed E-state index contributed by atoms with van der Waals surface area (Å²) in [5.74, 6) is -0.249. The van der Waals surface area contributed by atoms with Crippen LogP contribution < -0.4 is 10.6 Å². The standard InChI is InChI=1S/C21H27FN4O/c1-16-3-9-19(10-4-16)24-21(27)23-15-20(17-5-7-18(22)8-6-17)26-13-11-25(2)12-14-26/h3-10,20H,11-15H2,1-2H3,(H2,23,24,27). The van der Waals surface area contributed by atoms with Crippen molar-refractivity contribution in [3.05, 3.63) is 65.5 Å². The number of likely N-dealkylation sites (N-methyl/N-ethyl adjacent to an activating group) is 1. The van der Waals surface area contributed by atoms with Crippen LogP contribution in [0.2, 0.25) is 0 Å². The van der Waals surface area contributed by atoms with E-state index in [1.165, 1.54) is 12.1 Å². The lowest BCUT2D eigenvalue weighted by molar-refractivity contribution is 0.111. The average Bonchev–Trinajstić information content (AvgIpc) is 2.66. The first-order chi connectivity index (χ1) is 13.0. The lowest BCUT2D eigenvalue weighted by atomic mass is 10.0. The van der Waals surface area contributed by atoms with Gasteiger partial charge in [-0.25, -0.2) is 9.18 Å². The fourth-order valence-electron chi connectivity index (χ4n) is 3.28. The van der Waals surface area contributed by atoms with Crippen molar-refractivity contribution in [1.82, 2.24) is 15.1 Å². The lowest BCUT2D eigenvalue weighted by Crippen LogP contribution is -2.48. The molecule has 2 aromatic carbocycles. The highest BCUT2D eigenvalue weighted by atomic mass is 19.1. The van der Waals surface area contributed by atoms with Gasteiger partial charge in [0.2, 0.25) is 0 Å². The summed E-state index contributed by atoms with van der Waals surface area (Å²) in [6.45, 7) is 6.26. The summed E-state index contributed by atoms with van der Waals surface area (Å²) in [6.07, 6.45) is 0. The third-order valence-corrected chi connectivity index (χ3v) is 5.00. The third kappa shape index (κ3) is 5.52. The molecule has 1 unspecified atom stereocenters. The van der Waals surface area contributed by atoms with Crippen LogP contribution in [-0.4, -0.2) is 55.6 Å². The second-order valence-corrected chi connectivity index (χ2v) is 7.11. The molecule has 1 aliphatic heterocycles. The number of halogens is 1. The predicted octanol–water partition coefficient (Wildman–Crippen LogP) is 3.24. The number of benzene rings is 2.